The van der Waals surface area contributed by atoms with Gasteiger partial charge in [0.05, 0.1) is 34.1 Å². The van der Waals surface area contributed by atoms with Crippen molar-refractivity contribution in [1.29, 1.82) is 0 Å². The molecule has 9 heteroatoms. The molecule has 0 aliphatic carbocycles. The molecule has 0 aliphatic rings. The molecule has 1 aromatic heterocycles. The Morgan fingerprint density at radius 2 is 1.53 bits per heavy atom. The number of rotatable bonds is 7. The summed E-state index contributed by atoms with van der Waals surface area (Å²) in [7, 11) is 6.15. The van der Waals surface area contributed by atoms with Crippen molar-refractivity contribution < 1.29 is 23.7 Å². The molecule has 1 N–H and O–H groups in total. The Hall–Kier alpha value is -2.97. The van der Waals surface area contributed by atoms with Crippen LogP contribution in [0.3, 0.4) is 0 Å². The van der Waals surface area contributed by atoms with Crippen LogP contribution in [0.1, 0.15) is 15.2 Å². The number of carbonyl (C=O) groups excluding carboxylic acids is 1. The van der Waals surface area contributed by atoms with E-state index in [1.54, 1.807) is 19.2 Å². The van der Waals surface area contributed by atoms with Crippen LogP contribution in [0.25, 0.3) is 11.3 Å². The summed E-state index contributed by atoms with van der Waals surface area (Å²) in [5, 5.41) is 3.35. The number of hydrogen-bond donors (Lipinski definition) is 1. The summed E-state index contributed by atoms with van der Waals surface area (Å²) in [5.41, 5.74) is 2.14. The highest BCUT2D eigenvalue weighted by molar-refractivity contribution is 7.16. The van der Waals surface area contributed by atoms with Gasteiger partial charge in [0.2, 0.25) is 5.75 Å². The fourth-order valence-electron chi connectivity index (χ4n) is 2.85. The maximum atomic E-state index is 12.8. The minimum Gasteiger partial charge on any atom is -0.497 e. The van der Waals surface area contributed by atoms with E-state index in [0.29, 0.717) is 27.9 Å². The van der Waals surface area contributed by atoms with Gasteiger partial charge in [-0.1, -0.05) is 0 Å². The van der Waals surface area contributed by atoms with Crippen molar-refractivity contribution >= 4 is 34.8 Å². The lowest BCUT2D eigenvalue weighted by atomic mass is 10.1. The molecule has 160 valence electrons. The van der Waals surface area contributed by atoms with Gasteiger partial charge in [-0.15, -0.1) is 23.7 Å². The van der Waals surface area contributed by atoms with Crippen LogP contribution < -0.4 is 24.3 Å². The van der Waals surface area contributed by atoms with E-state index in [1.807, 2.05) is 31.2 Å². The normalized spacial score (nSPS) is 10.0. The molecule has 0 atom stereocenters. The Morgan fingerprint density at radius 3 is 2.03 bits per heavy atom. The van der Waals surface area contributed by atoms with Crippen molar-refractivity contribution in [3.8, 4) is 34.3 Å². The van der Waals surface area contributed by atoms with E-state index in [2.05, 4.69) is 10.3 Å². The molecule has 2 aromatic carbocycles. The Bertz CT molecular complexity index is 996. The van der Waals surface area contributed by atoms with E-state index in [-0.39, 0.29) is 18.3 Å². The van der Waals surface area contributed by atoms with Crippen molar-refractivity contribution in [2.24, 2.45) is 0 Å². The van der Waals surface area contributed by atoms with Crippen molar-refractivity contribution in [2.45, 2.75) is 6.92 Å². The zero-order valence-corrected chi connectivity index (χ0v) is 18.9. The van der Waals surface area contributed by atoms with E-state index in [4.69, 9.17) is 18.9 Å². The molecule has 0 radical (unpaired) electrons. The first-order chi connectivity index (χ1) is 14.0. The lowest BCUT2D eigenvalue weighted by molar-refractivity contribution is 0.102. The summed E-state index contributed by atoms with van der Waals surface area (Å²) in [6.45, 7) is 1.96. The van der Waals surface area contributed by atoms with E-state index < -0.39 is 0 Å². The number of nitrogens with one attached hydrogen (secondary N) is 1. The first-order valence-electron chi connectivity index (χ1n) is 8.74. The smallest absolute Gasteiger partial charge is 0.257 e. The summed E-state index contributed by atoms with van der Waals surface area (Å²) < 4.78 is 21.1. The van der Waals surface area contributed by atoms with Crippen molar-refractivity contribution in [2.75, 3.05) is 33.8 Å². The van der Waals surface area contributed by atoms with Crippen LogP contribution in [-0.2, 0) is 0 Å². The predicted octanol–water partition coefficient (Wildman–Crippen LogP) is 4.83. The summed E-state index contributed by atoms with van der Waals surface area (Å²) in [4.78, 5) is 18.4. The van der Waals surface area contributed by atoms with Gasteiger partial charge in [0.25, 0.3) is 5.91 Å². The molecular formula is C21H23ClN2O5S. The SMILES string of the molecule is COc1ccc(-c2nc(NC(=O)c3cc(OC)c(OC)c(OC)c3)sc2C)cc1.Cl. The quantitative estimate of drug-likeness (QED) is 0.555. The molecule has 1 amide bonds. The maximum Gasteiger partial charge on any atom is 0.257 e. The maximum absolute atomic E-state index is 12.8. The van der Waals surface area contributed by atoms with E-state index in [9.17, 15) is 4.79 Å². The summed E-state index contributed by atoms with van der Waals surface area (Å²) in [6, 6.07) is 10.8. The Kier molecular flexibility index (Phi) is 7.91. The van der Waals surface area contributed by atoms with Gasteiger partial charge >= 0.3 is 0 Å². The number of thiazole rings is 1. The lowest BCUT2D eigenvalue weighted by Gasteiger charge is -2.13. The van der Waals surface area contributed by atoms with Gasteiger partial charge in [-0.25, -0.2) is 4.98 Å². The number of benzene rings is 2. The molecular weight excluding hydrogens is 428 g/mol. The summed E-state index contributed by atoms with van der Waals surface area (Å²) >= 11 is 1.41. The van der Waals surface area contributed by atoms with Crippen LogP contribution in [-0.4, -0.2) is 39.3 Å². The van der Waals surface area contributed by atoms with Crippen molar-refractivity contribution in [1.82, 2.24) is 4.98 Å². The van der Waals surface area contributed by atoms with Crippen LogP contribution in [0.4, 0.5) is 5.13 Å². The van der Waals surface area contributed by atoms with E-state index >= 15 is 0 Å². The Morgan fingerprint density at radius 1 is 0.933 bits per heavy atom. The molecule has 0 aliphatic heterocycles. The highest BCUT2D eigenvalue weighted by Gasteiger charge is 2.19. The number of hydrogen-bond acceptors (Lipinski definition) is 7. The third kappa shape index (κ3) is 4.77. The molecule has 0 unspecified atom stereocenters. The average Bonchev–Trinajstić information content (AvgIpc) is 3.12. The summed E-state index contributed by atoms with van der Waals surface area (Å²) in [5.74, 6) is 1.70. The third-order valence-corrected chi connectivity index (χ3v) is 5.19. The number of nitrogens with zero attached hydrogens (tertiary/aromatic N) is 1. The monoisotopic (exact) mass is 450 g/mol. The molecule has 1 heterocycles. The van der Waals surface area contributed by atoms with Gasteiger partial charge in [0, 0.05) is 16.0 Å². The van der Waals surface area contributed by atoms with Gasteiger partial charge in [-0.2, -0.15) is 0 Å². The molecule has 3 aromatic rings. The van der Waals surface area contributed by atoms with Gasteiger partial charge < -0.3 is 18.9 Å². The molecule has 0 fully saturated rings. The second-order valence-electron chi connectivity index (χ2n) is 6.02. The van der Waals surface area contributed by atoms with Crippen LogP contribution in [0, 0.1) is 6.92 Å². The number of anilines is 1. The van der Waals surface area contributed by atoms with Crippen molar-refractivity contribution in [3.05, 3.63) is 46.8 Å². The zero-order valence-electron chi connectivity index (χ0n) is 17.3. The number of amides is 1. The number of ether oxygens (including phenoxy) is 4. The third-order valence-electron chi connectivity index (χ3n) is 4.31. The van der Waals surface area contributed by atoms with E-state index in [0.717, 1.165) is 21.9 Å². The first kappa shape index (κ1) is 23.3. The van der Waals surface area contributed by atoms with Crippen LogP contribution in [0.5, 0.6) is 23.0 Å². The molecule has 30 heavy (non-hydrogen) atoms. The van der Waals surface area contributed by atoms with Gasteiger partial charge in [0.1, 0.15) is 5.75 Å². The van der Waals surface area contributed by atoms with Gasteiger partial charge in [-0.05, 0) is 43.3 Å². The zero-order chi connectivity index (χ0) is 21.0. The summed E-state index contributed by atoms with van der Waals surface area (Å²) in [6.07, 6.45) is 0. The molecule has 7 nitrogen and oxygen atoms in total. The second-order valence-corrected chi connectivity index (χ2v) is 7.22. The van der Waals surface area contributed by atoms with E-state index in [1.165, 1.54) is 32.7 Å². The predicted molar refractivity (Wildman–Crippen MR) is 120 cm³/mol. The Balaban J connectivity index is 0.00000320. The number of methoxy groups -OCH3 is 4. The van der Waals surface area contributed by atoms with Crippen LogP contribution >= 0.6 is 23.7 Å². The largest absolute Gasteiger partial charge is 0.497 e. The topological polar surface area (TPSA) is 78.9 Å². The first-order valence-corrected chi connectivity index (χ1v) is 9.55. The molecule has 3 rings (SSSR count). The number of halogens is 1. The fourth-order valence-corrected chi connectivity index (χ4v) is 3.68. The number of aromatic nitrogens is 1. The molecule has 0 bridgehead atoms. The highest BCUT2D eigenvalue weighted by atomic mass is 35.5. The van der Waals surface area contributed by atoms with Crippen molar-refractivity contribution in [3.63, 3.8) is 0 Å². The van der Waals surface area contributed by atoms with Crippen LogP contribution in [0.2, 0.25) is 0 Å². The Labute approximate surface area is 185 Å². The lowest BCUT2D eigenvalue weighted by Crippen LogP contribution is -2.12. The van der Waals surface area contributed by atoms with Crippen LogP contribution in [0.15, 0.2) is 36.4 Å². The minimum absolute atomic E-state index is 0. The minimum atomic E-state index is -0.320. The van der Waals surface area contributed by atoms with Gasteiger partial charge in [0.15, 0.2) is 16.6 Å². The standard InChI is InChI=1S/C21H22N2O5S.ClH/c1-12-18(13-6-8-15(25-2)9-7-13)22-21(29-12)23-20(24)14-10-16(26-3)19(28-5)17(11-14)27-4;/h6-11H,1-5H3,(H,22,23,24);1H. The molecule has 0 saturated carbocycles. The average molecular weight is 451 g/mol. The fraction of sp³-hybridized carbons (Fsp3) is 0.238. The second kappa shape index (κ2) is 10.2. The van der Waals surface area contributed by atoms with Gasteiger partial charge in [-0.3, -0.25) is 10.1 Å². The number of aryl methyl sites for hydroxylation is 1. The molecule has 0 saturated heterocycles. The molecule has 0 spiro atoms. The number of carbonyl (C=O) groups is 1. The highest BCUT2D eigenvalue weighted by Crippen LogP contribution is 2.38.